The van der Waals surface area contributed by atoms with Gasteiger partial charge in [-0.2, -0.15) is 0 Å². The largest absolute Gasteiger partial charge is 0.134 e. The van der Waals surface area contributed by atoms with Crippen molar-refractivity contribution in [3.05, 3.63) is 161 Å². The van der Waals surface area contributed by atoms with Crippen LogP contribution in [0.1, 0.15) is 27.8 Å². The third kappa shape index (κ3) is 4.20. The SMILES string of the molecule is C(/Cc1ccccc1)=C(/c1ccccc1)c1cccc(-c2cccc3c4c(sc23)-c2ccccc2CC4)c1. The van der Waals surface area contributed by atoms with Crippen LogP contribution >= 0.6 is 11.3 Å². The smallest absolute Gasteiger partial charge is 0.0430 e. The molecule has 5 aromatic carbocycles. The molecule has 0 saturated heterocycles. The Bertz CT molecular complexity index is 1770. The first-order valence-corrected chi connectivity index (χ1v) is 14.2. The lowest BCUT2D eigenvalue weighted by atomic mass is 9.89. The third-order valence-electron chi connectivity index (χ3n) is 7.68. The van der Waals surface area contributed by atoms with Crippen LogP contribution in [0.15, 0.2) is 133 Å². The molecular formula is C37H28S. The van der Waals surface area contributed by atoms with Crippen molar-refractivity contribution in [2.75, 3.05) is 0 Å². The van der Waals surface area contributed by atoms with Gasteiger partial charge in [-0.3, -0.25) is 0 Å². The minimum Gasteiger partial charge on any atom is -0.134 e. The van der Waals surface area contributed by atoms with E-state index in [1.807, 2.05) is 11.3 Å². The molecule has 0 aliphatic heterocycles. The Hall–Kier alpha value is -4.20. The second-order valence-corrected chi connectivity index (χ2v) is 11.0. The molecule has 0 unspecified atom stereocenters. The van der Waals surface area contributed by atoms with Crippen LogP contribution in [0.3, 0.4) is 0 Å². The van der Waals surface area contributed by atoms with E-state index >= 15 is 0 Å². The molecule has 1 heterocycles. The Balaban J connectivity index is 1.34. The van der Waals surface area contributed by atoms with Gasteiger partial charge in [-0.05, 0) is 80.8 Å². The van der Waals surface area contributed by atoms with Gasteiger partial charge in [-0.25, -0.2) is 0 Å². The highest BCUT2D eigenvalue weighted by Gasteiger charge is 2.22. The minimum atomic E-state index is 0.905. The van der Waals surface area contributed by atoms with Crippen LogP contribution in [0.25, 0.3) is 37.2 Å². The first-order chi connectivity index (χ1) is 18.8. The van der Waals surface area contributed by atoms with Gasteiger partial charge >= 0.3 is 0 Å². The second-order valence-electron chi connectivity index (χ2n) is 10.0. The van der Waals surface area contributed by atoms with Gasteiger partial charge in [0.15, 0.2) is 0 Å². The summed E-state index contributed by atoms with van der Waals surface area (Å²) in [6.07, 6.45) is 5.53. The number of hydrogen-bond donors (Lipinski definition) is 0. The molecule has 0 saturated carbocycles. The Morgan fingerprint density at radius 3 is 2.21 bits per heavy atom. The average molecular weight is 505 g/mol. The van der Waals surface area contributed by atoms with E-state index < -0.39 is 0 Å². The molecule has 0 nitrogen and oxygen atoms in total. The van der Waals surface area contributed by atoms with Crippen molar-refractivity contribution in [3.8, 4) is 21.6 Å². The van der Waals surface area contributed by atoms with Crippen LogP contribution in [0.4, 0.5) is 0 Å². The number of fused-ring (bicyclic) bond motifs is 5. The number of thiophene rings is 1. The molecule has 1 aromatic heterocycles. The van der Waals surface area contributed by atoms with E-state index in [1.54, 1.807) is 0 Å². The summed E-state index contributed by atoms with van der Waals surface area (Å²) in [6, 6.07) is 46.4. The van der Waals surface area contributed by atoms with Gasteiger partial charge in [0.05, 0.1) is 0 Å². The van der Waals surface area contributed by atoms with Gasteiger partial charge in [0, 0.05) is 9.58 Å². The predicted molar refractivity (Wildman–Crippen MR) is 164 cm³/mol. The van der Waals surface area contributed by atoms with Crippen molar-refractivity contribution >= 4 is 27.0 Å². The third-order valence-corrected chi connectivity index (χ3v) is 8.99. The van der Waals surface area contributed by atoms with Crippen molar-refractivity contribution in [2.24, 2.45) is 0 Å². The summed E-state index contributed by atoms with van der Waals surface area (Å²) < 4.78 is 1.40. The van der Waals surface area contributed by atoms with Gasteiger partial charge in [-0.15, -0.1) is 11.3 Å². The van der Waals surface area contributed by atoms with Crippen molar-refractivity contribution in [1.29, 1.82) is 0 Å². The lowest BCUT2D eigenvalue weighted by molar-refractivity contribution is 0.957. The highest BCUT2D eigenvalue weighted by Crippen LogP contribution is 2.46. The summed E-state index contributed by atoms with van der Waals surface area (Å²) >= 11 is 1.97. The lowest BCUT2D eigenvalue weighted by Gasteiger charge is -2.15. The molecule has 7 rings (SSSR count). The van der Waals surface area contributed by atoms with Crippen LogP contribution in [-0.2, 0) is 19.3 Å². The molecule has 1 heteroatoms. The van der Waals surface area contributed by atoms with Crippen LogP contribution in [-0.4, -0.2) is 0 Å². The maximum absolute atomic E-state index is 2.38. The van der Waals surface area contributed by atoms with E-state index in [0.29, 0.717) is 0 Å². The van der Waals surface area contributed by atoms with E-state index in [1.165, 1.54) is 65.0 Å². The molecule has 6 aromatic rings. The highest BCUT2D eigenvalue weighted by atomic mass is 32.1. The predicted octanol–water partition coefficient (Wildman–Crippen LogP) is 10.0. The summed E-state index contributed by atoms with van der Waals surface area (Å²) in [5, 5.41) is 1.42. The van der Waals surface area contributed by atoms with E-state index in [2.05, 4.69) is 133 Å². The van der Waals surface area contributed by atoms with Gasteiger partial charge in [0.1, 0.15) is 0 Å². The molecule has 0 atom stereocenters. The van der Waals surface area contributed by atoms with E-state index in [0.717, 1.165) is 19.3 Å². The maximum Gasteiger partial charge on any atom is 0.0430 e. The van der Waals surface area contributed by atoms with Crippen LogP contribution in [0.2, 0.25) is 0 Å². The zero-order valence-corrected chi connectivity index (χ0v) is 22.0. The van der Waals surface area contributed by atoms with Crippen LogP contribution in [0.5, 0.6) is 0 Å². The molecule has 0 radical (unpaired) electrons. The molecule has 0 bridgehead atoms. The van der Waals surface area contributed by atoms with Gasteiger partial charge < -0.3 is 0 Å². The number of benzene rings is 5. The Morgan fingerprint density at radius 2 is 1.34 bits per heavy atom. The maximum atomic E-state index is 2.38. The highest BCUT2D eigenvalue weighted by molar-refractivity contribution is 7.23. The molecule has 182 valence electrons. The van der Waals surface area contributed by atoms with Crippen molar-refractivity contribution in [1.82, 2.24) is 0 Å². The standard InChI is InChI=1S/C37H28S/c1-3-11-26(12-4-1)21-23-31(27-13-5-2-6-14-27)29-16-9-17-30(25-29)33-19-10-20-34-35-24-22-28-15-7-8-18-32(28)36(35)38-37(33)34/h1-20,23,25H,21-22,24H2/b31-23+. The van der Waals surface area contributed by atoms with E-state index in [-0.39, 0.29) is 0 Å². The summed E-state index contributed by atoms with van der Waals surface area (Å²) in [6.45, 7) is 0. The monoisotopic (exact) mass is 504 g/mol. The van der Waals surface area contributed by atoms with Gasteiger partial charge in [-0.1, -0.05) is 127 Å². The fraction of sp³-hybridized carbons (Fsp3) is 0.0811. The molecule has 0 N–H and O–H groups in total. The molecular weight excluding hydrogens is 476 g/mol. The molecule has 0 amide bonds. The number of aryl methyl sites for hydroxylation is 2. The fourth-order valence-electron chi connectivity index (χ4n) is 5.79. The molecule has 1 aliphatic carbocycles. The number of allylic oxidation sites excluding steroid dienone is 1. The summed E-state index contributed by atoms with van der Waals surface area (Å²) in [5.41, 5.74) is 12.1. The van der Waals surface area contributed by atoms with Gasteiger partial charge in [0.25, 0.3) is 0 Å². The quantitative estimate of drug-likeness (QED) is 0.219. The number of rotatable bonds is 5. The fourth-order valence-corrected chi connectivity index (χ4v) is 7.24. The van der Waals surface area contributed by atoms with Gasteiger partial charge in [0.2, 0.25) is 0 Å². The summed E-state index contributed by atoms with van der Waals surface area (Å²) in [5.74, 6) is 0. The van der Waals surface area contributed by atoms with Crippen molar-refractivity contribution in [2.45, 2.75) is 19.3 Å². The molecule has 38 heavy (non-hydrogen) atoms. The summed E-state index contributed by atoms with van der Waals surface area (Å²) in [4.78, 5) is 1.46. The van der Waals surface area contributed by atoms with Crippen molar-refractivity contribution < 1.29 is 0 Å². The first kappa shape index (κ1) is 23.0. The Labute approximate surface area is 228 Å². The minimum absolute atomic E-state index is 0.905. The second kappa shape index (κ2) is 9.93. The first-order valence-electron chi connectivity index (χ1n) is 13.4. The Kier molecular flexibility index (Phi) is 6.00. The average Bonchev–Trinajstić information content (AvgIpc) is 3.38. The zero-order valence-electron chi connectivity index (χ0n) is 21.2. The molecule has 1 aliphatic rings. The van der Waals surface area contributed by atoms with Crippen LogP contribution < -0.4 is 0 Å². The normalized spacial score (nSPS) is 12.8. The summed E-state index contributed by atoms with van der Waals surface area (Å²) in [7, 11) is 0. The Morgan fingerprint density at radius 1 is 0.632 bits per heavy atom. The molecule has 0 fully saturated rings. The zero-order chi connectivity index (χ0) is 25.3. The topological polar surface area (TPSA) is 0 Å². The van der Waals surface area contributed by atoms with E-state index in [9.17, 15) is 0 Å². The van der Waals surface area contributed by atoms with Crippen LogP contribution in [0, 0.1) is 0 Å². The lowest BCUT2D eigenvalue weighted by Crippen LogP contribution is -2.00. The molecule has 0 spiro atoms. The van der Waals surface area contributed by atoms with Crippen molar-refractivity contribution in [3.63, 3.8) is 0 Å². The van der Waals surface area contributed by atoms with E-state index in [4.69, 9.17) is 0 Å². The number of hydrogen-bond acceptors (Lipinski definition) is 1.